The Bertz CT molecular complexity index is 472. The first-order chi connectivity index (χ1) is 9.26. The number of carbonyl (C=O) groups excluding carboxylic acids is 1. The molecule has 1 amide bonds. The van der Waals surface area contributed by atoms with E-state index in [4.69, 9.17) is 5.11 Å². The number of nitrogens with one attached hydrogen (secondary N) is 1. The molecule has 0 bridgehead atoms. The second-order valence-corrected chi connectivity index (χ2v) is 6.90. The standard InChI is InChI=1S/C15H21NO3S/c1-15(2,3)10-11(9-14(18)19)16-13(17)7-6-12-5-4-8-20-12/h4-8,11H,9-10H2,1-3H3,(H,16,17)(H,18,19)/b7-6+. The van der Waals surface area contributed by atoms with Gasteiger partial charge in [0.05, 0.1) is 6.42 Å². The Kier molecular flexibility index (Phi) is 5.95. The Morgan fingerprint density at radius 2 is 2.15 bits per heavy atom. The third kappa shape index (κ3) is 7.09. The molecule has 0 aliphatic rings. The Morgan fingerprint density at radius 3 is 2.65 bits per heavy atom. The minimum Gasteiger partial charge on any atom is -0.481 e. The third-order valence-corrected chi connectivity index (χ3v) is 3.41. The van der Waals surface area contributed by atoms with Crippen LogP contribution in [0.1, 0.15) is 38.5 Å². The van der Waals surface area contributed by atoms with Crippen molar-refractivity contribution in [2.24, 2.45) is 5.41 Å². The van der Waals surface area contributed by atoms with Crippen LogP contribution < -0.4 is 5.32 Å². The van der Waals surface area contributed by atoms with Gasteiger partial charge in [0.1, 0.15) is 0 Å². The van der Waals surface area contributed by atoms with Crippen molar-refractivity contribution in [2.75, 3.05) is 0 Å². The van der Waals surface area contributed by atoms with Crippen molar-refractivity contribution >= 4 is 29.3 Å². The van der Waals surface area contributed by atoms with Crippen molar-refractivity contribution in [1.82, 2.24) is 5.32 Å². The van der Waals surface area contributed by atoms with E-state index >= 15 is 0 Å². The molecule has 0 aromatic carbocycles. The zero-order valence-electron chi connectivity index (χ0n) is 12.1. The van der Waals surface area contributed by atoms with Gasteiger partial charge in [-0.15, -0.1) is 11.3 Å². The molecule has 0 radical (unpaired) electrons. The molecule has 1 aromatic rings. The van der Waals surface area contributed by atoms with Gasteiger partial charge in [-0.1, -0.05) is 26.8 Å². The Balaban J connectivity index is 2.59. The van der Waals surface area contributed by atoms with Crippen LogP contribution in [0.4, 0.5) is 0 Å². The minimum atomic E-state index is -0.901. The number of amides is 1. The zero-order valence-corrected chi connectivity index (χ0v) is 12.9. The molecule has 110 valence electrons. The van der Waals surface area contributed by atoms with Gasteiger partial charge in [-0.25, -0.2) is 0 Å². The maximum Gasteiger partial charge on any atom is 0.305 e. The van der Waals surface area contributed by atoms with Gasteiger partial charge in [0, 0.05) is 17.0 Å². The summed E-state index contributed by atoms with van der Waals surface area (Å²) in [5.41, 5.74) is -0.0368. The highest BCUT2D eigenvalue weighted by molar-refractivity contribution is 7.10. The first kappa shape index (κ1) is 16.4. The molecule has 1 heterocycles. The molecule has 20 heavy (non-hydrogen) atoms. The molecule has 1 rings (SSSR count). The molecule has 5 heteroatoms. The highest BCUT2D eigenvalue weighted by Gasteiger charge is 2.22. The molecule has 0 aliphatic carbocycles. The summed E-state index contributed by atoms with van der Waals surface area (Å²) in [5, 5.41) is 13.6. The van der Waals surface area contributed by atoms with Crippen LogP contribution in [0.3, 0.4) is 0 Å². The van der Waals surface area contributed by atoms with E-state index in [1.165, 1.54) is 6.08 Å². The number of rotatable bonds is 6. The summed E-state index contributed by atoms with van der Waals surface area (Å²) in [7, 11) is 0. The van der Waals surface area contributed by atoms with Crippen molar-refractivity contribution < 1.29 is 14.7 Å². The van der Waals surface area contributed by atoms with Crippen molar-refractivity contribution in [3.8, 4) is 0 Å². The summed E-state index contributed by atoms with van der Waals surface area (Å²) in [4.78, 5) is 23.7. The van der Waals surface area contributed by atoms with Gasteiger partial charge in [-0.2, -0.15) is 0 Å². The number of carbonyl (C=O) groups is 2. The summed E-state index contributed by atoms with van der Waals surface area (Å²) >= 11 is 1.54. The number of thiophene rings is 1. The van der Waals surface area contributed by atoms with Crippen LogP contribution >= 0.6 is 11.3 Å². The van der Waals surface area contributed by atoms with E-state index in [0.29, 0.717) is 6.42 Å². The predicted octanol–water partition coefficient (Wildman–Crippen LogP) is 3.16. The molecule has 2 N–H and O–H groups in total. The third-order valence-electron chi connectivity index (χ3n) is 2.57. The molecule has 1 aromatic heterocycles. The van der Waals surface area contributed by atoms with E-state index < -0.39 is 5.97 Å². The minimum absolute atomic E-state index is 0.0368. The molecule has 0 spiro atoms. The summed E-state index contributed by atoms with van der Waals surface area (Å²) < 4.78 is 0. The number of carboxylic acids is 1. The average Bonchev–Trinajstić information content (AvgIpc) is 2.75. The van der Waals surface area contributed by atoms with Gasteiger partial charge in [0.25, 0.3) is 0 Å². The highest BCUT2D eigenvalue weighted by atomic mass is 32.1. The predicted molar refractivity (Wildman–Crippen MR) is 81.6 cm³/mol. The van der Waals surface area contributed by atoms with Crippen LogP contribution in [-0.4, -0.2) is 23.0 Å². The smallest absolute Gasteiger partial charge is 0.305 e. The molecule has 0 fully saturated rings. The second kappa shape index (κ2) is 7.24. The molecule has 0 saturated carbocycles. The topological polar surface area (TPSA) is 66.4 Å². The van der Waals surface area contributed by atoms with Crippen molar-refractivity contribution in [3.05, 3.63) is 28.5 Å². The van der Waals surface area contributed by atoms with Gasteiger partial charge < -0.3 is 10.4 Å². The summed E-state index contributed by atoms with van der Waals surface area (Å²) in [6.07, 6.45) is 3.74. The van der Waals surface area contributed by atoms with Gasteiger partial charge in [-0.3, -0.25) is 9.59 Å². The largest absolute Gasteiger partial charge is 0.481 e. The summed E-state index contributed by atoms with van der Waals surface area (Å²) in [6, 6.07) is 3.47. The first-order valence-electron chi connectivity index (χ1n) is 6.50. The van der Waals surface area contributed by atoms with Gasteiger partial charge in [0.15, 0.2) is 0 Å². The lowest BCUT2D eigenvalue weighted by molar-refractivity contribution is -0.137. The molecule has 0 aliphatic heterocycles. The Hall–Kier alpha value is -1.62. The van der Waals surface area contributed by atoms with E-state index in [0.717, 1.165) is 4.88 Å². The normalized spacial score (nSPS) is 13.3. The lowest BCUT2D eigenvalue weighted by Crippen LogP contribution is -2.38. The second-order valence-electron chi connectivity index (χ2n) is 5.92. The zero-order chi connectivity index (χ0) is 15.2. The fraction of sp³-hybridized carbons (Fsp3) is 0.467. The SMILES string of the molecule is CC(C)(C)CC(CC(=O)O)NC(=O)/C=C/c1cccs1. The number of hydrogen-bond acceptors (Lipinski definition) is 3. The average molecular weight is 295 g/mol. The maximum atomic E-state index is 11.8. The Labute approximate surface area is 123 Å². The van der Waals surface area contributed by atoms with Crippen molar-refractivity contribution in [1.29, 1.82) is 0 Å². The van der Waals surface area contributed by atoms with E-state index in [1.54, 1.807) is 17.4 Å². The summed E-state index contributed by atoms with van der Waals surface area (Å²) in [5.74, 6) is -1.16. The van der Waals surface area contributed by atoms with Crippen LogP contribution in [0.25, 0.3) is 6.08 Å². The molecule has 1 unspecified atom stereocenters. The van der Waals surface area contributed by atoms with Gasteiger partial charge in [-0.05, 0) is 29.4 Å². The Morgan fingerprint density at radius 1 is 1.45 bits per heavy atom. The lowest BCUT2D eigenvalue weighted by atomic mass is 9.87. The summed E-state index contributed by atoms with van der Waals surface area (Å²) in [6.45, 7) is 6.07. The van der Waals surface area contributed by atoms with Crippen LogP contribution in [-0.2, 0) is 9.59 Å². The first-order valence-corrected chi connectivity index (χ1v) is 7.38. The number of carboxylic acid groups (broad SMARTS) is 1. The number of hydrogen-bond donors (Lipinski definition) is 2. The van der Waals surface area contributed by atoms with E-state index in [1.807, 2.05) is 38.3 Å². The lowest BCUT2D eigenvalue weighted by Gasteiger charge is -2.25. The van der Waals surface area contributed by atoms with Gasteiger partial charge >= 0.3 is 5.97 Å². The van der Waals surface area contributed by atoms with Crippen LogP contribution in [0.15, 0.2) is 23.6 Å². The monoisotopic (exact) mass is 295 g/mol. The van der Waals surface area contributed by atoms with E-state index in [-0.39, 0.29) is 23.8 Å². The molecular weight excluding hydrogens is 274 g/mol. The van der Waals surface area contributed by atoms with Crippen molar-refractivity contribution in [2.45, 2.75) is 39.7 Å². The highest BCUT2D eigenvalue weighted by Crippen LogP contribution is 2.22. The van der Waals surface area contributed by atoms with Crippen LogP contribution in [0.2, 0.25) is 0 Å². The molecular formula is C15H21NO3S. The molecule has 0 saturated heterocycles. The van der Waals surface area contributed by atoms with E-state index in [9.17, 15) is 9.59 Å². The van der Waals surface area contributed by atoms with Crippen molar-refractivity contribution in [3.63, 3.8) is 0 Å². The maximum absolute atomic E-state index is 11.8. The number of aliphatic carboxylic acids is 1. The molecule has 4 nitrogen and oxygen atoms in total. The van der Waals surface area contributed by atoms with Gasteiger partial charge in [0.2, 0.25) is 5.91 Å². The fourth-order valence-electron chi connectivity index (χ4n) is 1.92. The van der Waals surface area contributed by atoms with Crippen LogP contribution in [0.5, 0.6) is 0 Å². The quantitative estimate of drug-likeness (QED) is 0.792. The van der Waals surface area contributed by atoms with E-state index in [2.05, 4.69) is 5.32 Å². The van der Waals surface area contributed by atoms with Crippen LogP contribution in [0, 0.1) is 5.41 Å². The fourth-order valence-corrected chi connectivity index (χ4v) is 2.54. The molecule has 1 atom stereocenters.